The summed E-state index contributed by atoms with van der Waals surface area (Å²) in [6, 6.07) is 2.52. The molecule has 2 N–H and O–H groups in total. The van der Waals surface area contributed by atoms with Gasteiger partial charge in [0.15, 0.2) is 17.4 Å². The van der Waals surface area contributed by atoms with E-state index in [9.17, 15) is 8.78 Å². The number of hydrogen-bond acceptors (Lipinski definition) is 3. The molecule has 2 atom stereocenters. The van der Waals surface area contributed by atoms with E-state index in [0.29, 0.717) is 25.2 Å². The van der Waals surface area contributed by atoms with Crippen LogP contribution >= 0.6 is 0 Å². The Balaban J connectivity index is 2.09. The minimum absolute atomic E-state index is 0.0905. The Kier molecular flexibility index (Phi) is 5.31. The fourth-order valence-corrected chi connectivity index (χ4v) is 2.26. The fraction of sp³-hybridized carbons (Fsp3) is 0.600. The molecule has 1 saturated heterocycles. The van der Waals surface area contributed by atoms with E-state index in [1.165, 1.54) is 12.1 Å². The number of hydrogen-bond donors (Lipinski definition) is 1. The molecule has 2 unspecified atom stereocenters. The molecule has 1 aromatic carbocycles. The third-order valence-corrected chi connectivity index (χ3v) is 3.48. The highest BCUT2D eigenvalue weighted by molar-refractivity contribution is 5.32. The van der Waals surface area contributed by atoms with Crippen LogP contribution in [0.2, 0.25) is 0 Å². The molecular formula is C15H21F2NO2. The van der Waals surface area contributed by atoms with Crippen LogP contribution in [0, 0.1) is 11.6 Å². The largest absolute Gasteiger partial charge is 0.482 e. The van der Waals surface area contributed by atoms with Crippen LogP contribution in [0.4, 0.5) is 8.78 Å². The number of benzene rings is 1. The Hall–Kier alpha value is -1.20. The van der Waals surface area contributed by atoms with Crippen molar-refractivity contribution in [1.29, 1.82) is 0 Å². The summed E-state index contributed by atoms with van der Waals surface area (Å²) in [6.07, 6.45) is 2.54. The van der Waals surface area contributed by atoms with Crippen molar-refractivity contribution in [1.82, 2.24) is 0 Å². The molecule has 0 aliphatic carbocycles. The van der Waals surface area contributed by atoms with Gasteiger partial charge in [-0.15, -0.1) is 0 Å². The third kappa shape index (κ3) is 3.90. The molecule has 0 aromatic heterocycles. The van der Waals surface area contributed by atoms with E-state index < -0.39 is 11.6 Å². The first-order chi connectivity index (χ1) is 9.60. The molecule has 112 valence electrons. The molecule has 1 aliphatic heterocycles. The SMILES string of the molecule is CCC(N)Cc1cc(F)c(OC2CCCOC2)c(F)c1. The fourth-order valence-electron chi connectivity index (χ4n) is 2.26. The van der Waals surface area contributed by atoms with Gasteiger partial charge in [-0.1, -0.05) is 6.92 Å². The van der Waals surface area contributed by atoms with Crippen molar-refractivity contribution in [3.05, 3.63) is 29.3 Å². The lowest BCUT2D eigenvalue weighted by Crippen LogP contribution is -2.28. The Morgan fingerprint density at radius 1 is 1.40 bits per heavy atom. The van der Waals surface area contributed by atoms with Gasteiger partial charge >= 0.3 is 0 Å². The molecule has 5 heteroatoms. The lowest BCUT2D eigenvalue weighted by molar-refractivity contribution is 0.00418. The minimum atomic E-state index is -0.672. The minimum Gasteiger partial charge on any atom is -0.482 e. The van der Waals surface area contributed by atoms with E-state index in [1.54, 1.807) is 0 Å². The van der Waals surface area contributed by atoms with Gasteiger partial charge in [0, 0.05) is 12.6 Å². The summed E-state index contributed by atoms with van der Waals surface area (Å²) in [7, 11) is 0. The first-order valence-corrected chi connectivity index (χ1v) is 7.08. The summed E-state index contributed by atoms with van der Waals surface area (Å²) in [5.74, 6) is -1.66. The first-order valence-electron chi connectivity index (χ1n) is 7.08. The molecule has 0 bridgehead atoms. The molecule has 1 aliphatic rings. The zero-order valence-corrected chi connectivity index (χ0v) is 11.7. The zero-order chi connectivity index (χ0) is 14.5. The Morgan fingerprint density at radius 2 is 2.10 bits per heavy atom. The van der Waals surface area contributed by atoms with Crippen molar-refractivity contribution in [3.63, 3.8) is 0 Å². The van der Waals surface area contributed by atoms with Crippen LogP contribution in [0.1, 0.15) is 31.7 Å². The molecule has 3 nitrogen and oxygen atoms in total. The highest BCUT2D eigenvalue weighted by atomic mass is 19.1. The summed E-state index contributed by atoms with van der Waals surface area (Å²) in [6.45, 7) is 3.00. The van der Waals surface area contributed by atoms with Crippen LogP contribution in [-0.2, 0) is 11.2 Å². The van der Waals surface area contributed by atoms with Gasteiger partial charge in [0.1, 0.15) is 6.10 Å². The van der Waals surface area contributed by atoms with E-state index in [4.69, 9.17) is 15.2 Å². The molecule has 2 rings (SSSR count). The van der Waals surface area contributed by atoms with Gasteiger partial charge in [0.2, 0.25) is 0 Å². The molecule has 0 spiro atoms. The van der Waals surface area contributed by atoms with Crippen molar-refractivity contribution in [3.8, 4) is 5.75 Å². The van der Waals surface area contributed by atoms with Crippen molar-refractivity contribution >= 4 is 0 Å². The molecule has 0 saturated carbocycles. The second-order valence-corrected chi connectivity index (χ2v) is 5.22. The zero-order valence-electron chi connectivity index (χ0n) is 11.7. The molecule has 1 aromatic rings. The van der Waals surface area contributed by atoms with Crippen molar-refractivity contribution in [2.45, 2.75) is 44.8 Å². The van der Waals surface area contributed by atoms with Crippen LogP contribution in [0.15, 0.2) is 12.1 Å². The predicted molar refractivity (Wildman–Crippen MR) is 72.8 cm³/mol. The Bertz CT molecular complexity index is 424. The normalized spacial score (nSPS) is 20.7. The van der Waals surface area contributed by atoms with Crippen LogP contribution in [0.3, 0.4) is 0 Å². The summed E-state index contributed by atoms with van der Waals surface area (Å²) in [4.78, 5) is 0. The second-order valence-electron chi connectivity index (χ2n) is 5.22. The van der Waals surface area contributed by atoms with Crippen molar-refractivity contribution in [2.24, 2.45) is 5.73 Å². The molecule has 0 amide bonds. The molecule has 1 fully saturated rings. The van der Waals surface area contributed by atoms with Gasteiger partial charge in [-0.05, 0) is 43.4 Å². The van der Waals surface area contributed by atoms with Gasteiger partial charge < -0.3 is 15.2 Å². The van der Waals surface area contributed by atoms with E-state index in [1.807, 2.05) is 6.92 Å². The van der Waals surface area contributed by atoms with Crippen molar-refractivity contribution < 1.29 is 18.3 Å². The highest BCUT2D eigenvalue weighted by Crippen LogP contribution is 2.26. The summed E-state index contributed by atoms with van der Waals surface area (Å²) in [5, 5.41) is 0. The third-order valence-electron chi connectivity index (χ3n) is 3.48. The van der Waals surface area contributed by atoms with E-state index in [-0.39, 0.29) is 17.9 Å². The Morgan fingerprint density at radius 3 is 2.65 bits per heavy atom. The topological polar surface area (TPSA) is 44.5 Å². The molecule has 1 heterocycles. The summed E-state index contributed by atoms with van der Waals surface area (Å²) < 4.78 is 38.6. The molecule has 20 heavy (non-hydrogen) atoms. The maximum absolute atomic E-state index is 14.0. The molecule has 0 radical (unpaired) electrons. The van der Waals surface area contributed by atoms with Gasteiger partial charge in [0.05, 0.1) is 6.61 Å². The van der Waals surface area contributed by atoms with Gasteiger partial charge in [-0.2, -0.15) is 0 Å². The van der Waals surface area contributed by atoms with Crippen LogP contribution in [0.25, 0.3) is 0 Å². The van der Waals surface area contributed by atoms with E-state index in [0.717, 1.165) is 19.3 Å². The number of ether oxygens (including phenoxy) is 2. The summed E-state index contributed by atoms with van der Waals surface area (Å²) in [5.41, 5.74) is 6.36. The smallest absolute Gasteiger partial charge is 0.191 e. The standard InChI is InChI=1S/C15H21F2NO2/c1-2-11(18)6-10-7-13(16)15(14(17)8-10)20-12-4-3-5-19-9-12/h7-8,11-12H,2-6,9,18H2,1H3. The Labute approximate surface area is 118 Å². The summed E-state index contributed by atoms with van der Waals surface area (Å²) >= 11 is 0. The number of rotatable bonds is 5. The lowest BCUT2D eigenvalue weighted by atomic mass is 10.0. The maximum Gasteiger partial charge on any atom is 0.191 e. The average Bonchev–Trinajstić information content (AvgIpc) is 2.44. The average molecular weight is 285 g/mol. The van der Waals surface area contributed by atoms with Crippen LogP contribution in [0.5, 0.6) is 5.75 Å². The van der Waals surface area contributed by atoms with E-state index >= 15 is 0 Å². The maximum atomic E-state index is 14.0. The molecular weight excluding hydrogens is 264 g/mol. The van der Waals surface area contributed by atoms with Gasteiger partial charge in [0.25, 0.3) is 0 Å². The number of nitrogens with two attached hydrogens (primary N) is 1. The second kappa shape index (κ2) is 6.99. The number of halogens is 2. The predicted octanol–water partition coefficient (Wildman–Crippen LogP) is 2.80. The first kappa shape index (κ1) is 15.2. The lowest BCUT2D eigenvalue weighted by Gasteiger charge is -2.24. The highest BCUT2D eigenvalue weighted by Gasteiger charge is 2.20. The van der Waals surface area contributed by atoms with Crippen molar-refractivity contribution in [2.75, 3.05) is 13.2 Å². The van der Waals surface area contributed by atoms with Crippen LogP contribution in [-0.4, -0.2) is 25.4 Å². The monoisotopic (exact) mass is 285 g/mol. The van der Waals surface area contributed by atoms with Gasteiger partial charge in [-0.3, -0.25) is 0 Å². The van der Waals surface area contributed by atoms with Gasteiger partial charge in [-0.25, -0.2) is 8.78 Å². The van der Waals surface area contributed by atoms with E-state index in [2.05, 4.69) is 0 Å². The quantitative estimate of drug-likeness (QED) is 0.904. The van der Waals surface area contributed by atoms with Crippen LogP contribution < -0.4 is 10.5 Å².